The molecule has 0 aliphatic rings. The van der Waals surface area contributed by atoms with E-state index in [1.165, 1.54) is 4.90 Å². The van der Waals surface area contributed by atoms with Crippen LogP contribution in [-0.2, 0) is 9.53 Å². The van der Waals surface area contributed by atoms with Crippen LogP contribution in [0.15, 0.2) is 65.2 Å². The summed E-state index contributed by atoms with van der Waals surface area (Å²) in [6.07, 6.45) is 1.61. The fraction of sp³-hybridized carbons (Fsp3) is 0.150. The number of hydrogen-bond acceptors (Lipinski definition) is 5. The lowest BCUT2D eigenvalue weighted by atomic mass is 10.1. The second kappa shape index (κ2) is 7.65. The summed E-state index contributed by atoms with van der Waals surface area (Å²) in [7, 11) is 3.20. The van der Waals surface area contributed by atoms with Gasteiger partial charge in [-0.25, -0.2) is 9.78 Å². The van der Waals surface area contributed by atoms with Crippen molar-refractivity contribution >= 4 is 11.9 Å². The molecule has 0 saturated carbocycles. The summed E-state index contributed by atoms with van der Waals surface area (Å²) in [5, 5.41) is 0. The molecule has 1 heterocycles. The van der Waals surface area contributed by atoms with Gasteiger partial charge in [-0.05, 0) is 12.1 Å². The summed E-state index contributed by atoms with van der Waals surface area (Å²) >= 11 is 0. The van der Waals surface area contributed by atoms with Crippen molar-refractivity contribution in [3.8, 4) is 22.8 Å². The Labute approximate surface area is 151 Å². The average Bonchev–Trinajstić information content (AvgIpc) is 3.16. The molecule has 0 saturated heterocycles. The van der Waals surface area contributed by atoms with E-state index in [0.29, 0.717) is 22.8 Å². The largest absolute Gasteiger partial charge is 0.452 e. The van der Waals surface area contributed by atoms with E-state index in [4.69, 9.17) is 9.15 Å². The van der Waals surface area contributed by atoms with E-state index in [2.05, 4.69) is 4.98 Å². The highest BCUT2D eigenvalue weighted by molar-refractivity contribution is 5.97. The number of likely N-dealkylation sites (N-methyl/N-ethyl adjacent to an activating group) is 1. The molecule has 0 atom stereocenters. The topological polar surface area (TPSA) is 72.6 Å². The van der Waals surface area contributed by atoms with Crippen LogP contribution < -0.4 is 0 Å². The Morgan fingerprint density at radius 1 is 1.04 bits per heavy atom. The van der Waals surface area contributed by atoms with Crippen LogP contribution in [-0.4, -0.2) is 42.5 Å². The minimum Gasteiger partial charge on any atom is -0.452 e. The maximum absolute atomic E-state index is 12.4. The van der Waals surface area contributed by atoms with E-state index in [1.54, 1.807) is 44.6 Å². The van der Waals surface area contributed by atoms with Gasteiger partial charge in [0.15, 0.2) is 12.4 Å². The highest BCUT2D eigenvalue weighted by atomic mass is 16.5. The Hall–Kier alpha value is -3.41. The number of carbonyl (C=O) groups is 2. The summed E-state index contributed by atoms with van der Waals surface area (Å²) in [6.45, 7) is -0.318. The van der Waals surface area contributed by atoms with Crippen molar-refractivity contribution in [2.75, 3.05) is 20.7 Å². The third kappa shape index (κ3) is 3.80. The third-order valence-corrected chi connectivity index (χ3v) is 3.77. The molecule has 0 N–H and O–H groups in total. The summed E-state index contributed by atoms with van der Waals surface area (Å²) in [4.78, 5) is 29.6. The maximum Gasteiger partial charge on any atom is 0.339 e. The van der Waals surface area contributed by atoms with Gasteiger partial charge < -0.3 is 14.1 Å². The van der Waals surface area contributed by atoms with Gasteiger partial charge in [-0.1, -0.05) is 42.5 Å². The molecule has 0 unspecified atom stereocenters. The van der Waals surface area contributed by atoms with Gasteiger partial charge in [0.25, 0.3) is 5.91 Å². The molecule has 6 heteroatoms. The van der Waals surface area contributed by atoms with Crippen LogP contribution in [0.25, 0.3) is 22.8 Å². The first-order chi connectivity index (χ1) is 12.6. The van der Waals surface area contributed by atoms with Gasteiger partial charge in [0, 0.05) is 19.7 Å². The smallest absolute Gasteiger partial charge is 0.339 e. The summed E-state index contributed by atoms with van der Waals surface area (Å²) < 4.78 is 10.9. The third-order valence-electron chi connectivity index (χ3n) is 3.77. The van der Waals surface area contributed by atoms with Crippen molar-refractivity contribution in [2.45, 2.75) is 0 Å². The molecule has 0 fully saturated rings. The predicted molar refractivity (Wildman–Crippen MR) is 96.4 cm³/mol. The molecule has 0 radical (unpaired) electrons. The van der Waals surface area contributed by atoms with Gasteiger partial charge in [0.1, 0.15) is 0 Å². The molecule has 0 aliphatic heterocycles. The normalized spacial score (nSPS) is 10.4. The predicted octanol–water partition coefficient (Wildman–Crippen LogP) is 3.25. The van der Waals surface area contributed by atoms with Crippen molar-refractivity contribution in [3.63, 3.8) is 0 Å². The van der Waals surface area contributed by atoms with Crippen molar-refractivity contribution in [1.29, 1.82) is 0 Å². The Kier molecular flexibility index (Phi) is 5.12. The molecule has 0 spiro atoms. The monoisotopic (exact) mass is 350 g/mol. The number of nitrogens with zero attached hydrogens (tertiary/aromatic N) is 2. The molecule has 3 aromatic rings. The minimum absolute atomic E-state index is 0.292. The molecule has 0 aliphatic carbocycles. The molecule has 0 bridgehead atoms. The molecule has 1 aromatic heterocycles. The maximum atomic E-state index is 12.4. The van der Waals surface area contributed by atoms with E-state index >= 15 is 0 Å². The van der Waals surface area contributed by atoms with Gasteiger partial charge in [0.2, 0.25) is 5.89 Å². The van der Waals surface area contributed by atoms with Gasteiger partial charge in [-0.3, -0.25) is 4.79 Å². The quantitative estimate of drug-likeness (QED) is 0.661. The van der Waals surface area contributed by atoms with Crippen molar-refractivity contribution in [1.82, 2.24) is 9.88 Å². The van der Waals surface area contributed by atoms with Crippen LogP contribution in [0.3, 0.4) is 0 Å². The number of ether oxygens (including phenoxy) is 1. The zero-order valence-corrected chi connectivity index (χ0v) is 14.5. The zero-order chi connectivity index (χ0) is 18.5. The minimum atomic E-state index is -0.602. The average molecular weight is 350 g/mol. The fourth-order valence-electron chi connectivity index (χ4n) is 2.32. The summed E-state index contributed by atoms with van der Waals surface area (Å²) in [6, 6.07) is 16.4. The number of rotatable bonds is 5. The van der Waals surface area contributed by atoms with E-state index in [1.807, 2.05) is 30.3 Å². The fourth-order valence-corrected chi connectivity index (χ4v) is 2.32. The van der Waals surface area contributed by atoms with Crippen LogP contribution in [0, 0.1) is 0 Å². The highest BCUT2D eigenvalue weighted by Crippen LogP contribution is 2.28. The zero-order valence-electron chi connectivity index (χ0n) is 14.5. The summed E-state index contributed by atoms with van der Waals surface area (Å²) in [5.41, 5.74) is 1.69. The van der Waals surface area contributed by atoms with Crippen LogP contribution in [0.5, 0.6) is 0 Å². The first-order valence-electron chi connectivity index (χ1n) is 8.04. The Balaban J connectivity index is 1.85. The Bertz CT molecular complexity index is 916. The Morgan fingerprint density at radius 2 is 1.73 bits per heavy atom. The first kappa shape index (κ1) is 17.4. The second-order valence-corrected chi connectivity index (χ2v) is 5.81. The lowest BCUT2D eigenvalue weighted by Gasteiger charge is -2.11. The van der Waals surface area contributed by atoms with Crippen LogP contribution in [0.4, 0.5) is 0 Å². The molecule has 26 heavy (non-hydrogen) atoms. The van der Waals surface area contributed by atoms with Gasteiger partial charge in [0.05, 0.1) is 17.3 Å². The van der Waals surface area contributed by atoms with Crippen LogP contribution >= 0.6 is 0 Å². The van der Waals surface area contributed by atoms with Crippen LogP contribution in [0.1, 0.15) is 10.4 Å². The van der Waals surface area contributed by atoms with Crippen molar-refractivity contribution < 1.29 is 18.7 Å². The van der Waals surface area contributed by atoms with Crippen LogP contribution in [0.2, 0.25) is 0 Å². The van der Waals surface area contributed by atoms with Crippen molar-refractivity contribution in [2.24, 2.45) is 0 Å². The second-order valence-electron chi connectivity index (χ2n) is 5.81. The van der Waals surface area contributed by atoms with E-state index in [9.17, 15) is 9.59 Å². The standard InChI is InChI=1S/C20H18N2O4/c1-22(2)18(23)13-25-20(24)16-11-7-6-10-15(16)19-21-12-17(26-19)14-8-4-3-5-9-14/h3-12H,13H2,1-2H3. The van der Waals surface area contributed by atoms with Crippen molar-refractivity contribution in [3.05, 3.63) is 66.4 Å². The number of esters is 1. The van der Waals surface area contributed by atoms with E-state index < -0.39 is 5.97 Å². The molecule has 2 aromatic carbocycles. The lowest BCUT2D eigenvalue weighted by Crippen LogP contribution is -2.27. The molecule has 132 valence electrons. The summed E-state index contributed by atoms with van der Waals surface area (Å²) in [5.74, 6) is 0.0236. The molecule has 6 nitrogen and oxygen atoms in total. The first-order valence-corrected chi connectivity index (χ1v) is 8.04. The SMILES string of the molecule is CN(C)C(=O)COC(=O)c1ccccc1-c1ncc(-c2ccccc2)o1. The molecule has 1 amide bonds. The number of amides is 1. The van der Waals surface area contributed by atoms with Gasteiger partial charge in [-0.2, -0.15) is 0 Å². The van der Waals surface area contributed by atoms with Gasteiger partial charge in [-0.15, -0.1) is 0 Å². The number of carbonyl (C=O) groups excluding carboxylic acids is 2. The highest BCUT2D eigenvalue weighted by Gasteiger charge is 2.19. The molecular weight excluding hydrogens is 332 g/mol. The molecule has 3 rings (SSSR count). The van der Waals surface area contributed by atoms with E-state index in [-0.39, 0.29) is 12.5 Å². The lowest BCUT2D eigenvalue weighted by molar-refractivity contribution is -0.131. The number of oxazole rings is 1. The van der Waals surface area contributed by atoms with Gasteiger partial charge >= 0.3 is 5.97 Å². The van der Waals surface area contributed by atoms with E-state index in [0.717, 1.165) is 5.56 Å². The number of benzene rings is 2. The molecular formula is C20H18N2O4. The number of aromatic nitrogens is 1. The Morgan fingerprint density at radius 3 is 2.46 bits per heavy atom. The number of hydrogen-bond donors (Lipinski definition) is 0.